The summed E-state index contributed by atoms with van der Waals surface area (Å²) in [6.07, 6.45) is 7.22. The summed E-state index contributed by atoms with van der Waals surface area (Å²) in [5.74, 6) is 0.897. The number of unbranched alkanes of at least 4 members (excludes halogenated alkanes) is 1. The van der Waals surface area contributed by atoms with Crippen LogP contribution in [0.2, 0.25) is 0 Å². The third-order valence-corrected chi connectivity index (χ3v) is 5.50. The summed E-state index contributed by atoms with van der Waals surface area (Å²) in [5.41, 5.74) is 1.21. The highest BCUT2D eigenvalue weighted by Crippen LogP contribution is 2.28. The second-order valence-electron chi connectivity index (χ2n) is 7.81. The molecule has 0 unspecified atom stereocenters. The van der Waals surface area contributed by atoms with E-state index in [0.717, 1.165) is 38.3 Å². The number of carbonyl (C=O) groups excluding carboxylic acids is 1. The highest BCUT2D eigenvalue weighted by atomic mass is 16.2. The van der Waals surface area contributed by atoms with Gasteiger partial charge in [-0.25, -0.2) is 4.79 Å². The average molecular weight is 344 g/mol. The minimum absolute atomic E-state index is 0.109. The van der Waals surface area contributed by atoms with Crippen molar-refractivity contribution in [2.45, 2.75) is 58.0 Å². The van der Waals surface area contributed by atoms with Crippen molar-refractivity contribution in [1.29, 1.82) is 0 Å². The van der Waals surface area contributed by atoms with Crippen LogP contribution in [0.5, 0.6) is 0 Å². The van der Waals surface area contributed by atoms with E-state index in [0.29, 0.717) is 6.04 Å². The van der Waals surface area contributed by atoms with Crippen LogP contribution in [0.4, 0.5) is 4.79 Å². The largest absolute Gasteiger partial charge is 0.338 e. The topological polar surface area (TPSA) is 35.6 Å². The fourth-order valence-corrected chi connectivity index (χ4v) is 3.58. The molecule has 1 aromatic carbocycles. The lowest BCUT2D eigenvalue weighted by molar-refractivity contribution is 0.185. The number of hydrogen-bond acceptors (Lipinski definition) is 2. The fourth-order valence-electron chi connectivity index (χ4n) is 3.58. The van der Waals surface area contributed by atoms with E-state index in [1.165, 1.54) is 44.5 Å². The molecule has 0 aromatic heterocycles. The number of hydrogen-bond donors (Lipinski definition) is 1. The average Bonchev–Trinajstić information content (AvgIpc) is 3.46. The standard InChI is InChI=1S/C21H33N3O/c1-18-11-15-23(16-12-18)14-6-5-13-22-21(25)24(20-9-10-20)17-19-7-3-2-4-8-19/h2-4,7-8,18,20H,5-6,9-17H2,1H3,(H,22,25). The van der Waals surface area contributed by atoms with Gasteiger partial charge < -0.3 is 15.1 Å². The molecular formula is C21H33N3O. The lowest BCUT2D eigenvalue weighted by atomic mass is 9.99. The maximum Gasteiger partial charge on any atom is 0.317 e. The van der Waals surface area contributed by atoms with Crippen molar-refractivity contribution in [2.75, 3.05) is 26.2 Å². The van der Waals surface area contributed by atoms with Crippen molar-refractivity contribution < 1.29 is 4.79 Å². The van der Waals surface area contributed by atoms with Gasteiger partial charge in [0.05, 0.1) is 0 Å². The lowest BCUT2D eigenvalue weighted by Crippen LogP contribution is -2.41. The Morgan fingerprint density at radius 2 is 1.84 bits per heavy atom. The van der Waals surface area contributed by atoms with Gasteiger partial charge in [-0.3, -0.25) is 0 Å². The van der Waals surface area contributed by atoms with E-state index in [2.05, 4.69) is 29.3 Å². The number of rotatable bonds is 8. The number of nitrogens with zero attached hydrogens (tertiary/aromatic N) is 2. The molecule has 1 heterocycles. The SMILES string of the molecule is CC1CCN(CCCCNC(=O)N(Cc2ccccc2)C2CC2)CC1. The smallest absolute Gasteiger partial charge is 0.317 e. The molecular weight excluding hydrogens is 310 g/mol. The molecule has 1 aromatic rings. The number of benzene rings is 1. The van der Waals surface area contributed by atoms with Gasteiger partial charge in [-0.2, -0.15) is 0 Å². The number of carbonyl (C=O) groups is 1. The Balaban J connectivity index is 1.33. The summed E-state index contributed by atoms with van der Waals surface area (Å²) in [5, 5.41) is 3.14. The highest BCUT2D eigenvalue weighted by Gasteiger charge is 2.32. The van der Waals surface area contributed by atoms with Crippen LogP contribution < -0.4 is 5.32 Å². The third-order valence-electron chi connectivity index (χ3n) is 5.50. The van der Waals surface area contributed by atoms with Gasteiger partial charge in [0.25, 0.3) is 0 Å². The van der Waals surface area contributed by atoms with Gasteiger partial charge in [-0.1, -0.05) is 37.3 Å². The molecule has 2 fully saturated rings. The number of likely N-dealkylation sites (tertiary alicyclic amines) is 1. The second-order valence-corrected chi connectivity index (χ2v) is 7.81. The molecule has 0 bridgehead atoms. The zero-order valence-corrected chi connectivity index (χ0v) is 15.6. The minimum atomic E-state index is 0.109. The Morgan fingerprint density at radius 1 is 1.12 bits per heavy atom. The molecule has 2 amide bonds. The number of urea groups is 1. The van der Waals surface area contributed by atoms with Crippen LogP contribution in [-0.2, 0) is 6.54 Å². The molecule has 138 valence electrons. The number of nitrogens with one attached hydrogen (secondary N) is 1. The first-order valence-electron chi connectivity index (χ1n) is 10.0. The van der Waals surface area contributed by atoms with Crippen LogP contribution >= 0.6 is 0 Å². The molecule has 4 heteroatoms. The molecule has 25 heavy (non-hydrogen) atoms. The number of piperidine rings is 1. The predicted octanol–water partition coefficient (Wildman–Crippen LogP) is 3.87. The normalized spacial score (nSPS) is 18.9. The minimum Gasteiger partial charge on any atom is -0.338 e. The Bertz CT molecular complexity index is 521. The van der Waals surface area contributed by atoms with Crippen LogP contribution in [0.3, 0.4) is 0 Å². The molecule has 1 saturated carbocycles. The summed E-state index contributed by atoms with van der Waals surface area (Å²) in [4.78, 5) is 17.1. The maximum absolute atomic E-state index is 12.5. The van der Waals surface area contributed by atoms with Crippen molar-refractivity contribution in [2.24, 2.45) is 5.92 Å². The zero-order chi connectivity index (χ0) is 17.5. The summed E-state index contributed by atoms with van der Waals surface area (Å²) in [7, 11) is 0. The van der Waals surface area contributed by atoms with Gasteiger partial charge in [-0.15, -0.1) is 0 Å². The quantitative estimate of drug-likeness (QED) is 0.727. The molecule has 2 aliphatic rings. The van der Waals surface area contributed by atoms with Crippen LogP contribution in [0, 0.1) is 5.92 Å². The monoisotopic (exact) mass is 343 g/mol. The fraction of sp³-hybridized carbons (Fsp3) is 0.667. The summed E-state index contributed by atoms with van der Waals surface area (Å²) >= 11 is 0. The maximum atomic E-state index is 12.5. The van der Waals surface area contributed by atoms with Crippen LogP contribution in [0.25, 0.3) is 0 Å². The zero-order valence-electron chi connectivity index (χ0n) is 15.6. The molecule has 3 rings (SSSR count). The summed E-state index contributed by atoms with van der Waals surface area (Å²) in [6, 6.07) is 10.9. The van der Waals surface area contributed by atoms with Crippen LogP contribution in [-0.4, -0.2) is 48.1 Å². The molecule has 0 radical (unpaired) electrons. The Kier molecular flexibility index (Phi) is 6.74. The van der Waals surface area contributed by atoms with Gasteiger partial charge >= 0.3 is 6.03 Å². The third kappa shape index (κ3) is 6.03. The van der Waals surface area contributed by atoms with Gasteiger partial charge in [-0.05, 0) is 69.6 Å². The van der Waals surface area contributed by atoms with Crippen LogP contribution in [0.15, 0.2) is 30.3 Å². The van der Waals surface area contributed by atoms with Crippen LogP contribution in [0.1, 0.15) is 51.0 Å². The van der Waals surface area contributed by atoms with E-state index < -0.39 is 0 Å². The Hall–Kier alpha value is -1.55. The lowest BCUT2D eigenvalue weighted by Gasteiger charge is -2.30. The van der Waals surface area contributed by atoms with Crippen molar-refractivity contribution in [3.05, 3.63) is 35.9 Å². The van der Waals surface area contributed by atoms with E-state index in [1.54, 1.807) is 0 Å². The van der Waals surface area contributed by atoms with Crippen molar-refractivity contribution in [3.63, 3.8) is 0 Å². The van der Waals surface area contributed by atoms with Crippen molar-refractivity contribution in [1.82, 2.24) is 15.1 Å². The number of amides is 2. The van der Waals surface area contributed by atoms with E-state index in [1.807, 2.05) is 23.1 Å². The van der Waals surface area contributed by atoms with Crippen molar-refractivity contribution >= 4 is 6.03 Å². The molecule has 1 N–H and O–H groups in total. The summed E-state index contributed by atoms with van der Waals surface area (Å²) in [6.45, 7) is 7.55. The van der Waals surface area contributed by atoms with E-state index in [-0.39, 0.29) is 6.03 Å². The Labute approximate surface area is 152 Å². The molecule has 0 spiro atoms. The van der Waals surface area contributed by atoms with Crippen molar-refractivity contribution in [3.8, 4) is 0 Å². The molecule has 1 aliphatic carbocycles. The first-order chi connectivity index (χ1) is 12.2. The van der Waals surface area contributed by atoms with E-state index in [9.17, 15) is 4.79 Å². The molecule has 1 saturated heterocycles. The first kappa shape index (κ1) is 18.2. The molecule has 0 atom stereocenters. The van der Waals surface area contributed by atoms with Gasteiger partial charge in [0, 0.05) is 19.1 Å². The predicted molar refractivity (Wildman–Crippen MR) is 102 cm³/mol. The van der Waals surface area contributed by atoms with E-state index in [4.69, 9.17) is 0 Å². The van der Waals surface area contributed by atoms with E-state index >= 15 is 0 Å². The first-order valence-corrected chi connectivity index (χ1v) is 10.0. The van der Waals surface area contributed by atoms with Gasteiger partial charge in [0.2, 0.25) is 0 Å². The molecule has 1 aliphatic heterocycles. The Morgan fingerprint density at radius 3 is 2.52 bits per heavy atom. The van der Waals surface area contributed by atoms with Gasteiger partial charge in [0.15, 0.2) is 0 Å². The highest BCUT2D eigenvalue weighted by molar-refractivity contribution is 5.74. The van der Waals surface area contributed by atoms with Gasteiger partial charge in [0.1, 0.15) is 0 Å². The molecule has 4 nitrogen and oxygen atoms in total. The second kappa shape index (κ2) is 9.23. The summed E-state index contributed by atoms with van der Waals surface area (Å²) < 4.78 is 0.